The number of aryl methyl sites for hydroxylation is 1. The Hall–Kier alpha value is -2.43. The van der Waals surface area contributed by atoms with E-state index in [1.165, 1.54) is 0 Å². The molecule has 2 aromatic carbocycles. The minimum atomic E-state index is -3.60. The lowest BCUT2D eigenvalue weighted by Crippen LogP contribution is -2.32. The third kappa shape index (κ3) is 8.83. The van der Waals surface area contributed by atoms with Crippen molar-refractivity contribution in [2.45, 2.75) is 44.6 Å². The fourth-order valence-electron chi connectivity index (χ4n) is 3.88. The smallest absolute Gasteiger partial charge is 0.220 e. The first kappa shape index (κ1) is 29.1. The molecule has 1 atom stereocenters. The third-order valence-electron chi connectivity index (χ3n) is 6.06. The normalized spacial score (nSPS) is 12.5. The van der Waals surface area contributed by atoms with Gasteiger partial charge in [-0.1, -0.05) is 35.9 Å². The van der Waals surface area contributed by atoms with Gasteiger partial charge >= 0.3 is 0 Å². The molecule has 198 valence electrons. The SMILES string of the molecule is Cc1cnccc1-c1cccc(C(C)N(CCCC(=O)NCCS(N)(=O)=O)Sc2cccc(Cl)c2C)c1. The summed E-state index contributed by atoms with van der Waals surface area (Å²) in [7, 11) is -3.60. The van der Waals surface area contributed by atoms with Gasteiger partial charge in [0, 0.05) is 47.9 Å². The Kier molecular flexibility index (Phi) is 10.5. The van der Waals surface area contributed by atoms with Gasteiger partial charge in [0.05, 0.1) is 5.75 Å². The zero-order valence-corrected chi connectivity index (χ0v) is 23.7. The number of sulfonamides is 1. The number of nitrogens with one attached hydrogen (secondary N) is 1. The van der Waals surface area contributed by atoms with Crippen LogP contribution in [0.2, 0.25) is 5.02 Å². The molecule has 3 aromatic rings. The minimum Gasteiger partial charge on any atom is -0.355 e. The van der Waals surface area contributed by atoms with Crippen molar-refractivity contribution < 1.29 is 13.2 Å². The summed E-state index contributed by atoms with van der Waals surface area (Å²) in [5, 5.41) is 8.34. The molecule has 1 heterocycles. The molecule has 0 bridgehead atoms. The van der Waals surface area contributed by atoms with Crippen molar-refractivity contribution in [1.82, 2.24) is 14.6 Å². The van der Waals surface area contributed by atoms with E-state index in [2.05, 4.69) is 52.7 Å². The number of nitrogens with zero attached hydrogens (tertiary/aromatic N) is 2. The molecule has 0 saturated carbocycles. The minimum absolute atomic E-state index is 0.00938. The van der Waals surface area contributed by atoms with Gasteiger partial charge in [-0.25, -0.2) is 17.9 Å². The average molecular weight is 561 g/mol. The molecule has 1 amide bonds. The molecule has 1 unspecified atom stereocenters. The monoisotopic (exact) mass is 560 g/mol. The second-order valence-corrected chi connectivity index (χ2v) is 12.1. The molecule has 3 rings (SSSR count). The maximum Gasteiger partial charge on any atom is 0.220 e. The molecule has 7 nitrogen and oxygen atoms in total. The summed E-state index contributed by atoms with van der Waals surface area (Å²) in [4.78, 5) is 17.5. The number of carbonyl (C=O) groups excluding carboxylic acids is 1. The van der Waals surface area contributed by atoms with Gasteiger partial charge < -0.3 is 5.32 Å². The fourth-order valence-corrected chi connectivity index (χ4v) is 5.63. The highest BCUT2D eigenvalue weighted by Gasteiger charge is 2.20. The molecule has 0 aliphatic rings. The number of primary sulfonamides is 1. The van der Waals surface area contributed by atoms with E-state index in [4.69, 9.17) is 16.7 Å². The van der Waals surface area contributed by atoms with Gasteiger partial charge in [0.15, 0.2) is 0 Å². The lowest BCUT2D eigenvalue weighted by Gasteiger charge is -2.29. The molecule has 0 aliphatic heterocycles. The number of hydrogen-bond donors (Lipinski definition) is 2. The zero-order chi connectivity index (χ0) is 27.0. The van der Waals surface area contributed by atoms with Gasteiger partial charge in [0.1, 0.15) is 0 Å². The summed E-state index contributed by atoms with van der Waals surface area (Å²) in [6.07, 6.45) is 4.54. The number of amides is 1. The fraction of sp³-hybridized carbons (Fsp3) is 0.333. The van der Waals surface area contributed by atoms with Crippen LogP contribution in [0.5, 0.6) is 0 Å². The van der Waals surface area contributed by atoms with E-state index in [1.54, 1.807) is 18.1 Å². The maximum absolute atomic E-state index is 12.2. The second-order valence-electron chi connectivity index (χ2n) is 8.91. The molecule has 0 radical (unpaired) electrons. The third-order valence-corrected chi connectivity index (χ3v) is 8.61. The van der Waals surface area contributed by atoms with Crippen LogP contribution < -0.4 is 10.5 Å². The van der Waals surface area contributed by atoms with Crippen LogP contribution in [-0.4, -0.2) is 42.5 Å². The lowest BCUT2D eigenvalue weighted by atomic mass is 9.98. The lowest BCUT2D eigenvalue weighted by molar-refractivity contribution is -0.121. The average Bonchev–Trinajstić information content (AvgIpc) is 2.85. The van der Waals surface area contributed by atoms with Gasteiger partial charge in [0.25, 0.3) is 0 Å². The predicted molar refractivity (Wildman–Crippen MR) is 152 cm³/mol. The van der Waals surface area contributed by atoms with Crippen molar-refractivity contribution in [2.24, 2.45) is 5.14 Å². The molecule has 0 spiro atoms. The van der Waals surface area contributed by atoms with Gasteiger partial charge in [-0.05, 0) is 91.2 Å². The highest BCUT2D eigenvalue weighted by atomic mass is 35.5. The van der Waals surface area contributed by atoms with Crippen LogP contribution in [0.3, 0.4) is 0 Å². The summed E-state index contributed by atoms with van der Waals surface area (Å²) in [6, 6.07) is 16.4. The Bertz CT molecular complexity index is 1330. The summed E-state index contributed by atoms with van der Waals surface area (Å²) >= 11 is 8.00. The number of carbonyl (C=O) groups is 1. The highest BCUT2D eigenvalue weighted by molar-refractivity contribution is 7.97. The van der Waals surface area contributed by atoms with E-state index in [-0.39, 0.29) is 30.7 Å². The predicted octanol–water partition coefficient (Wildman–Crippen LogP) is 5.27. The van der Waals surface area contributed by atoms with Crippen LogP contribution in [0.15, 0.2) is 65.8 Å². The van der Waals surface area contributed by atoms with Crippen LogP contribution >= 0.6 is 23.5 Å². The first-order valence-corrected chi connectivity index (χ1v) is 14.9. The van der Waals surface area contributed by atoms with Crippen molar-refractivity contribution in [3.05, 3.63) is 82.6 Å². The first-order valence-electron chi connectivity index (χ1n) is 12.0. The molecular weight excluding hydrogens is 528 g/mol. The number of benzene rings is 2. The molecule has 0 saturated heterocycles. The van der Waals surface area contributed by atoms with Crippen LogP contribution in [0.25, 0.3) is 11.1 Å². The molecular formula is C27H33ClN4O3S2. The number of hydrogen-bond acceptors (Lipinski definition) is 6. The van der Waals surface area contributed by atoms with E-state index in [9.17, 15) is 13.2 Å². The molecule has 37 heavy (non-hydrogen) atoms. The Morgan fingerprint density at radius 3 is 2.68 bits per heavy atom. The van der Waals surface area contributed by atoms with Crippen LogP contribution in [0.4, 0.5) is 0 Å². The second kappa shape index (κ2) is 13.4. The van der Waals surface area contributed by atoms with Crippen LogP contribution in [-0.2, 0) is 14.8 Å². The van der Waals surface area contributed by atoms with Crippen molar-refractivity contribution in [2.75, 3.05) is 18.8 Å². The van der Waals surface area contributed by atoms with Crippen molar-refractivity contribution >= 4 is 39.5 Å². The molecule has 0 fully saturated rings. The summed E-state index contributed by atoms with van der Waals surface area (Å²) in [5.74, 6) is -0.477. The first-order chi connectivity index (χ1) is 17.5. The quantitative estimate of drug-likeness (QED) is 0.292. The van der Waals surface area contributed by atoms with E-state index in [1.807, 2.05) is 37.4 Å². The molecule has 0 aliphatic carbocycles. The van der Waals surface area contributed by atoms with E-state index < -0.39 is 10.0 Å². The van der Waals surface area contributed by atoms with Crippen LogP contribution in [0.1, 0.15) is 42.5 Å². The topological polar surface area (TPSA) is 105 Å². The van der Waals surface area contributed by atoms with Gasteiger partial charge in [-0.15, -0.1) is 0 Å². The number of halogens is 1. The molecule has 1 aromatic heterocycles. The van der Waals surface area contributed by atoms with E-state index >= 15 is 0 Å². The molecule has 10 heteroatoms. The van der Waals surface area contributed by atoms with Gasteiger partial charge in [-0.2, -0.15) is 0 Å². The van der Waals surface area contributed by atoms with Crippen molar-refractivity contribution in [3.8, 4) is 11.1 Å². The van der Waals surface area contributed by atoms with Crippen LogP contribution in [0, 0.1) is 13.8 Å². The molecule has 3 N–H and O–H groups in total. The standard InChI is InChI=1S/C27H33ClN4O3S2/c1-19-18-30-13-12-24(19)23-8-4-7-22(17-23)21(3)32(36-26-10-5-9-25(28)20(26)2)15-6-11-27(33)31-14-16-37(29,34)35/h4-5,7-10,12-13,17-18,21H,6,11,14-16H2,1-3H3,(H,31,33)(H2,29,34,35). The summed E-state index contributed by atoms with van der Waals surface area (Å²) in [5.41, 5.74) is 5.54. The Morgan fingerprint density at radius 2 is 1.95 bits per heavy atom. The number of pyridine rings is 1. The Morgan fingerprint density at radius 1 is 1.19 bits per heavy atom. The highest BCUT2D eigenvalue weighted by Crippen LogP contribution is 2.37. The summed E-state index contributed by atoms with van der Waals surface area (Å²) < 4.78 is 24.4. The summed E-state index contributed by atoms with van der Waals surface area (Å²) in [6.45, 7) is 6.85. The van der Waals surface area contributed by atoms with Crippen molar-refractivity contribution in [3.63, 3.8) is 0 Å². The van der Waals surface area contributed by atoms with Gasteiger partial charge in [0.2, 0.25) is 15.9 Å². The Labute approximate surface area is 229 Å². The number of aromatic nitrogens is 1. The zero-order valence-electron chi connectivity index (χ0n) is 21.3. The number of rotatable bonds is 12. The van der Waals surface area contributed by atoms with E-state index in [0.29, 0.717) is 18.0 Å². The number of nitrogens with two attached hydrogens (primary N) is 1. The Balaban J connectivity index is 1.77. The van der Waals surface area contributed by atoms with E-state index in [0.717, 1.165) is 32.7 Å². The van der Waals surface area contributed by atoms with Crippen molar-refractivity contribution in [1.29, 1.82) is 0 Å². The maximum atomic E-state index is 12.2. The van der Waals surface area contributed by atoms with Gasteiger partial charge in [-0.3, -0.25) is 9.78 Å². The largest absolute Gasteiger partial charge is 0.355 e.